The molecule has 0 saturated carbocycles. The van der Waals surface area contributed by atoms with Crippen LogP contribution in [0, 0.1) is 0 Å². The average molecular weight is 1820 g/mol. The number of carbonyl (C=O) groups is 3. The van der Waals surface area contributed by atoms with Crippen molar-refractivity contribution in [2.75, 3.05) is 51.6 Å². The van der Waals surface area contributed by atoms with Gasteiger partial charge in [-0.2, -0.15) is 0 Å². The van der Waals surface area contributed by atoms with E-state index in [1.807, 2.05) is 104 Å². The second-order valence-corrected chi connectivity index (χ2v) is 28.6. The minimum atomic E-state index is -5.47. The number of ketones is 1. The van der Waals surface area contributed by atoms with Gasteiger partial charge >= 0.3 is 154 Å². The summed E-state index contributed by atoms with van der Waals surface area (Å²) in [6.07, 6.45) is -15.8. The zero-order chi connectivity index (χ0) is 81.0. The van der Waals surface area contributed by atoms with Crippen LogP contribution in [0.25, 0.3) is 0 Å². The smallest absolute Gasteiger partial charge is 0.726 e. The van der Waals surface area contributed by atoms with Crippen LogP contribution >= 0.6 is 59.2 Å². The van der Waals surface area contributed by atoms with E-state index in [-0.39, 0.29) is 211 Å². The Labute approximate surface area is 810 Å². The van der Waals surface area contributed by atoms with Crippen LogP contribution in [-0.2, 0) is 139 Å². The number of hydrogen-bond donors (Lipinski definition) is 3. The van der Waals surface area contributed by atoms with Crippen molar-refractivity contribution >= 4 is 109 Å². The van der Waals surface area contributed by atoms with E-state index >= 15 is 0 Å². The van der Waals surface area contributed by atoms with Gasteiger partial charge in [-0.1, -0.05) is 169 Å². The Bertz CT molecular complexity index is 4150. The van der Waals surface area contributed by atoms with Crippen LogP contribution in [0.15, 0.2) is 176 Å². The molecule has 3 aliphatic rings. The third-order valence-corrected chi connectivity index (χ3v) is 19.7. The summed E-state index contributed by atoms with van der Waals surface area (Å²) < 4.78 is 154. The van der Waals surface area contributed by atoms with Crippen molar-refractivity contribution in [1.29, 1.82) is 0 Å². The van der Waals surface area contributed by atoms with Crippen molar-refractivity contribution in [3.05, 3.63) is 224 Å². The number of rotatable bonds is 40. The van der Waals surface area contributed by atoms with Gasteiger partial charge in [0, 0.05) is 48.3 Å². The molecule has 3 saturated heterocycles. The molecule has 117 heavy (non-hydrogen) atoms. The van der Waals surface area contributed by atoms with Gasteiger partial charge < -0.3 is 92.4 Å². The molecule has 0 aliphatic carbocycles. The summed E-state index contributed by atoms with van der Waals surface area (Å²) in [5.41, 5.74) is 5.72. The first-order chi connectivity index (χ1) is 53.8. The maximum Gasteiger partial charge on any atom is 1.00 e. The fourth-order valence-electron chi connectivity index (χ4n) is 11.0. The van der Waals surface area contributed by atoms with E-state index in [1.54, 1.807) is 80.6 Å². The van der Waals surface area contributed by atoms with Crippen LogP contribution in [0.2, 0.25) is 10.0 Å². The number of aliphatic hydroxyl groups excluding tert-OH is 1. The van der Waals surface area contributed by atoms with E-state index in [9.17, 15) is 61.1 Å². The number of carboxylic acids is 2. The minimum Gasteiger partial charge on any atom is -0.726 e. The molecule has 14 atom stereocenters. The molecule has 3 N–H and O–H groups in total. The Kier molecular flexibility index (Phi) is 57.7. The van der Waals surface area contributed by atoms with Crippen LogP contribution in [0.3, 0.4) is 0 Å². The first kappa shape index (κ1) is 112. The summed E-state index contributed by atoms with van der Waals surface area (Å²) >= 11 is 13.2. The fourth-order valence-corrected chi connectivity index (χ4v) is 14.2. The summed E-state index contributed by atoms with van der Waals surface area (Å²) in [4.78, 5) is 35.0. The van der Waals surface area contributed by atoms with Crippen LogP contribution in [0.1, 0.15) is 76.0 Å². The SMILES string of the molecule is CC(C(=O)O)c1ccc(C(=O)c2ccccc2)s1.CCOC1COC(OC2COC(OCC)C(OS(=O)(=O)[O-])C2OSOO[O-])C(OS(=O)(=O)[O-])C1OSOO[O-].CCO[C@H]1O[C@H](C(COCc2ccccc2)OCc2ccccc2)C(OCCc2ccccc2)C1O.O=C([O-])Cc1ccccc1Nc1c(Cl)cccc1Cl.[Na+].[Na+].[Na+].[Na+].[Na+]. The van der Waals surface area contributed by atoms with Crippen molar-refractivity contribution in [2.45, 2.75) is 140 Å². The Morgan fingerprint density at radius 3 is 1.63 bits per heavy atom. The number of hydrogen-bond acceptors (Lipinski definition) is 35. The average Bonchev–Trinajstić information content (AvgIpc) is 1.51. The van der Waals surface area contributed by atoms with E-state index in [0.29, 0.717) is 68.7 Å². The predicted octanol–water partition coefficient (Wildman–Crippen LogP) is -7.68. The monoisotopic (exact) mass is 1820 g/mol. The quantitative estimate of drug-likeness (QED) is 0.00469. The van der Waals surface area contributed by atoms with E-state index in [0.717, 1.165) is 17.5 Å². The maximum atomic E-state index is 12.1. The summed E-state index contributed by atoms with van der Waals surface area (Å²) in [5.74, 6) is -2.66. The van der Waals surface area contributed by atoms with Crippen molar-refractivity contribution in [1.82, 2.24) is 0 Å². The third-order valence-electron chi connectivity index (χ3n) is 16.1. The van der Waals surface area contributed by atoms with Crippen molar-refractivity contribution < 1.29 is 297 Å². The van der Waals surface area contributed by atoms with Gasteiger partial charge in [-0.3, -0.25) is 36.4 Å². The van der Waals surface area contributed by atoms with Gasteiger partial charge in [0.05, 0.1) is 66.2 Å². The molecule has 6 aromatic carbocycles. The second kappa shape index (κ2) is 60.4. The first-order valence-corrected chi connectivity index (χ1v) is 39.7. The molecular weight excluding hydrogens is 1740 g/mol. The second-order valence-electron chi connectivity index (χ2n) is 23.7. The molecule has 12 unspecified atom stereocenters. The number of carboxylic acid groups (broad SMARTS) is 2. The number of halogens is 2. The minimum absolute atomic E-state index is 0. The first-order valence-electron chi connectivity index (χ1n) is 34.1. The molecule has 33 nitrogen and oxygen atoms in total. The predicted molar refractivity (Wildman–Crippen MR) is 392 cm³/mol. The molecule has 0 bridgehead atoms. The number of benzene rings is 6. The zero-order valence-electron chi connectivity index (χ0n) is 65.0. The number of carbonyl (C=O) groups excluding carboxylic acids is 2. The molecule has 3 aliphatic heterocycles. The van der Waals surface area contributed by atoms with Crippen molar-refractivity contribution in [3.8, 4) is 0 Å². The van der Waals surface area contributed by atoms with Gasteiger partial charge in [-0.15, -0.1) is 20.0 Å². The van der Waals surface area contributed by atoms with Gasteiger partial charge in [0.1, 0.15) is 48.8 Å². The Balaban J connectivity index is 0.000000547. The van der Waals surface area contributed by atoms with Gasteiger partial charge in [0.25, 0.3) is 0 Å². The maximum absolute atomic E-state index is 12.1. The number of nitrogens with one attached hydrogen (secondary N) is 1. The fraction of sp³-hybridized carbons (Fsp3) is 0.403. The Morgan fingerprint density at radius 1 is 0.598 bits per heavy atom. The van der Waals surface area contributed by atoms with E-state index < -0.39 is 125 Å². The van der Waals surface area contributed by atoms with Crippen molar-refractivity contribution in [3.63, 3.8) is 0 Å². The number of para-hydroxylation sites is 2. The molecule has 10 rings (SSSR count). The largest absolute Gasteiger partial charge is 1.00 e. The molecule has 0 radical (unpaired) electrons. The number of aliphatic hydroxyl groups is 1. The number of ether oxygens (including phenoxy) is 10. The standard InChI is InChI=1S/C30H36O6.C14H11Cl2NO2.C14H26O21S4.C14H12O3S.5Na/c1-2-33-30-27(31)29(34-19-18-23-12-6-3-7-13-23)28(36-30)26(35-21-25-16-10-5-11-17-25)22-32-20-24-14-8-4-9-15-24;15-10-5-3-6-11(16)14(10)17-12-7-2-1-4-9(12)8-13(18)19;1-3-23-7-5-26-14(12(31-39(20,21)22)9(7)28-36-34-32-15)27-8-6-25-13(24-4-2)11(30-38(17,18)19)10(8)29-37-35-33-16;1-9(14(16)17)11-7-8-12(18-11)13(15)10-5-3-2-4-6-10;;;;;/h3-17,26-31H,2,18-22H2,1H3;1-7,17H,8H2,(H,18,19);7-16H,3-6H2,1-2H3,(H,17,18,19)(H,20,21,22);2-9H,1H3,(H,16,17);;;;;/q;;;;5*+1/p-5/t26?,27?,28-,29?,30+;;;;;;;;/m1......../s1. The van der Waals surface area contributed by atoms with Crippen molar-refractivity contribution in [2.24, 2.45) is 0 Å². The summed E-state index contributed by atoms with van der Waals surface area (Å²) in [6, 6.07) is 54.7. The third kappa shape index (κ3) is 39.2. The molecule has 7 aromatic rings. The number of anilines is 2. The Hall–Kier alpha value is -1.31. The summed E-state index contributed by atoms with van der Waals surface area (Å²) in [7, 11) is -10.9. The van der Waals surface area contributed by atoms with Gasteiger partial charge in [0.15, 0.2) is 55.7 Å². The topological polar surface area (TPSA) is 453 Å². The molecule has 4 heterocycles. The van der Waals surface area contributed by atoms with Crippen LogP contribution in [-0.4, -0.2) is 180 Å². The van der Waals surface area contributed by atoms with E-state index in [1.165, 1.54) is 23.8 Å². The normalized spacial score (nSPS) is 21.2. The molecule has 0 amide bonds. The van der Waals surface area contributed by atoms with Gasteiger partial charge in [-0.25, -0.2) is 16.8 Å². The molecule has 3 fully saturated rings. The van der Waals surface area contributed by atoms with E-state index in [4.69, 9.17) is 84.0 Å². The van der Waals surface area contributed by atoms with Crippen LogP contribution in [0.5, 0.6) is 0 Å². The van der Waals surface area contributed by atoms with Crippen LogP contribution < -0.4 is 169 Å². The van der Waals surface area contributed by atoms with Crippen LogP contribution in [0.4, 0.5) is 11.4 Å². The molecule has 1 aromatic heterocycles. The zero-order valence-corrected chi connectivity index (χ0v) is 80.6. The summed E-state index contributed by atoms with van der Waals surface area (Å²) in [5, 5.41) is 61.2. The van der Waals surface area contributed by atoms with E-state index in [2.05, 4.69) is 44.6 Å². The Morgan fingerprint density at radius 2 is 1.09 bits per heavy atom. The number of thiophene rings is 1. The molecule has 45 heteroatoms. The molecule has 614 valence electrons. The molecular formula is C72H80Cl2NNa5O32S5. The molecule has 0 spiro atoms. The number of aliphatic carboxylic acids is 2. The summed E-state index contributed by atoms with van der Waals surface area (Å²) in [6.45, 7) is 7.66. The van der Waals surface area contributed by atoms with Gasteiger partial charge in [-0.05, 0) is 86.7 Å². The van der Waals surface area contributed by atoms with Gasteiger partial charge in [0.2, 0.25) is 26.6 Å².